The number of hydrogen-bond acceptors (Lipinski definition) is 8. The third-order valence-electron chi connectivity index (χ3n) is 3.66. The van der Waals surface area contributed by atoms with Gasteiger partial charge in [-0.3, -0.25) is 0 Å². The van der Waals surface area contributed by atoms with Crippen LogP contribution in [0.25, 0.3) is 0 Å². The van der Waals surface area contributed by atoms with Crippen molar-refractivity contribution in [1.29, 1.82) is 0 Å². The molecule has 1 aliphatic rings. The van der Waals surface area contributed by atoms with E-state index < -0.39 is 24.6 Å². The maximum atomic E-state index is 10.0. The van der Waals surface area contributed by atoms with E-state index in [2.05, 4.69) is 12.2 Å². The fourth-order valence-electron chi connectivity index (χ4n) is 2.41. The Morgan fingerprint density at radius 1 is 1.23 bits per heavy atom. The molecule has 4 atom stereocenters. The van der Waals surface area contributed by atoms with Gasteiger partial charge in [0.1, 0.15) is 24.1 Å². The van der Waals surface area contributed by atoms with Gasteiger partial charge in [-0.2, -0.15) is 9.59 Å². The van der Waals surface area contributed by atoms with Gasteiger partial charge in [0.25, 0.3) is 0 Å². The lowest BCUT2D eigenvalue weighted by Gasteiger charge is -2.35. The molecule has 0 amide bonds. The summed E-state index contributed by atoms with van der Waals surface area (Å²) in [6, 6.07) is 5.77. The fourth-order valence-corrected chi connectivity index (χ4v) is 2.41. The zero-order valence-electron chi connectivity index (χ0n) is 15.4. The summed E-state index contributed by atoms with van der Waals surface area (Å²) in [4.78, 5) is 16.2. The molecule has 1 saturated heterocycles. The molecule has 0 aromatic heterocycles. The summed E-state index contributed by atoms with van der Waals surface area (Å²) in [7, 11) is 0. The topological polar surface area (TPSA) is 125 Å². The molecule has 0 radical (unpaired) electrons. The molecule has 1 aliphatic heterocycles. The number of anilines is 1. The van der Waals surface area contributed by atoms with E-state index in [0.29, 0.717) is 5.75 Å². The molecule has 8 nitrogen and oxygen atoms in total. The van der Waals surface area contributed by atoms with Gasteiger partial charge < -0.3 is 30.1 Å². The quantitative estimate of drug-likeness (QED) is 0.611. The molecule has 26 heavy (non-hydrogen) atoms. The number of aryl methyl sites for hydroxylation is 1. The molecular weight excluding hydrogens is 342 g/mol. The van der Waals surface area contributed by atoms with Crippen molar-refractivity contribution in [2.75, 3.05) is 11.9 Å². The van der Waals surface area contributed by atoms with Crippen LogP contribution >= 0.6 is 0 Å². The molecular formula is C18H27NO7. The lowest BCUT2D eigenvalue weighted by atomic mass is 10.0. The van der Waals surface area contributed by atoms with Gasteiger partial charge in [-0.15, -0.1) is 0 Å². The van der Waals surface area contributed by atoms with Crippen molar-refractivity contribution in [1.82, 2.24) is 0 Å². The number of benzene rings is 1. The Bertz CT molecular complexity index is 608. The van der Waals surface area contributed by atoms with Crippen LogP contribution in [0.4, 0.5) is 5.69 Å². The molecule has 0 saturated carbocycles. The zero-order chi connectivity index (χ0) is 19.9. The van der Waals surface area contributed by atoms with Crippen molar-refractivity contribution in [3.63, 3.8) is 0 Å². The highest BCUT2D eigenvalue weighted by Crippen LogP contribution is 2.31. The van der Waals surface area contributed by atoms with Crippen LogP contribution in [0, 0.1) is 0 Å². The van der Waals surface area contributed by atoms with Gasteiger partial charge in [0.05, 0.1) is 12.3 Å². The van der Waals surface area contributed by atoms with Crippen molar-refractivity contribution in [2.45, 2.75) is 64.3 Å². The van der Waals surface area contributed by atoms with E-state index in [4.69, 9.17) is 19.1 Å². The normalized spacial score (nSPS) is 25.5. The van der Waals surface area contributed by atoms with E-state index >= 15 is 0 Å². The lowest BCUT2D eigenvalue weighted by Crippen LogP contribution is -2.54. The number of nitrogens with one attached hydrogen (secondary N) is 1. The second kappa shape index (κ2) is 9.66. The molecule has 0 spiro atoms. The number of ether oxygens (including phenoxy) is 2. The maximum absolute atomic E-state index is 10.0. The van der Waals surface area contributed by atoms with Crippen molar-refractivity contribution in [3.8, 4) is 5.75 Å². The van der Waals surface area contributed by atoms with Crippen LogP contribution < -0.4 is 10.1 Å². The Labute approximate surface area is 152 Å². The molecule has 4 N–H and O–H groups in total. The Morgan fingerprint density at radius 3 is 2.38 bits per heavy atom. The minimum Gasteiger partial charge on any atom is -0.460 e. The summed E-state index contributed by atoms with van der Waals surface area (Å²) < 4.78 is 11.1. The molecule has 8 heteroatoms. The first kappa shape index (κ1) is 22.1. The van der Waals surface area contributed by atoms with Gasteiger partial charge in [-0.1, -0.05) is 13.0 Å². The number of aliphatic hydroxyl groups is 3. The highest BCUT2D eigenvalue weighted by atomic mass is 16.7. The van der Waals surface area contributed by atoms with Crippen LogP contribution in [0.15, 0.2) is 18.2 Å². The first-order valence-electron chi connectivity index (χ1n) is 8.35. The molecule has 1 aromatic rings. The van der Waals surface area contributed by atoms with E-state index in [1.54, 1.807) is 0 Å². The minimum atomic E-state index is -1.31. The Morgan fingerprint density at radius 2 is 1.85 bits per heavy atom. The lowest BCUT2D eigenvalue weighted by molar-refractivity contribution is -0.241. The van der Waals surface area contributed by atoms with Crippen LogP contribution in [-0.4, -0.2) is 58.2 Å². The molecule has 146 valence electrons. The molecule has 0 bridgehead atoms. The highest BCUT2D eigenvalue weighted by molar-refractivity contribution is 5.59. The number of rotatable bonds is 4. The van der Waals surface area contributed by atoms with Crippen molar-refractivity contribution in [3.05, 3.63) is 23.8 Å². The van der Waals surface area contributed by atoms with E-state index in [1.807, 2.05) is 39.0 Å². The standard InChI is InChI=1S/C17H27NO5.CO2/c1-5-10-6-7-13(11(8-10)18-17(2,3)4)23-16-15(21)14(20)12(19)9-22-16;2-1-3/h6-8,12,14-16,18-21H,5,9H2,1-4H3;/t12-,14+,15?,16+;/m1./s1. The van der Waals surface area contributed by atoms with E-state index in [-0.39, 0.29) is 18.3 Å². The first-order chi connectivity index (χ1) is 12.1. The molecule has 0 aliphatic carbocycles. The van der Waals surface area contributed by atoms with Crippen LogP contribution in [0.2, 0.25) is 0 Å². The van der Waals surface area contributed by atoms with Crippen LogP contribution in [0.5, 0.6) is 5.75 Å². The Balaban J connectivity index is 0.00000105. The summed E-state index contributed by atoms with van der Waals surface area (Å²) in [6.45, 7) is 8.12. The number of aliphatic hydroxyl groups excluding tert-OH is 3. The summed E-state index contributed by atoms with van der Waals surface area (Å²) in [5.74, 6) is 0.532. The molecule has 2 rings (SSSR count). The highest BCUT2D eigenvalue weighted by Gasteiger charge is 2.39. The third-order valence-corrected chi connectivity index (χ3v) is 3.66. The summed E-state index contributed by atoms with van der Waals surface area (Å²) in [5.41, 5.74) is 1.80. The van der Waals surface area contributed by atoms with Crippen molar-refractivity contribution < 1.29 is 34.4 Å². The fraction of sp³-hybridized carbons (Fsp3) is 0.611. The predicted octanol–water partition coefficient (Wildman–Crippen LogP) is 0.694. The zero-order valence-corrected chi connectivity index (χ0v) is 15.4. The van der Waals surface area contributed by atoms with Gasteiger partial charge in [-0.25, -0.2) is 0 Å². The monoisotopic (exact) mass is 369 g/mol. The second-order valence-corrected chi connectivity index (χ2v) is 7.01. The average Bonchev–Trinajstić information content (AvgIpc) is 2.56. The van der Waals surface area contributed by atoms with Gasteiger partial charge in [0.15, 0.2) is 0 Å². The van der Waals surface area contributed by atoms with E-state index in [9.17, 15) is 15.3 Å². The number of hydrogen-bond donors (Lipinski definition) is 4. The Hall–Kier alpha value is -1.96. The van der Waals surface area contributed by atoms with Crippen molar-refractivity contribution in [2.24, 2.45) is 0 Å². The van der Waals surface area contributed by atoms with Crippen LogP contribution in [-0.2, 0) is 20.7 Å². The molecule has 1 unspecified atom stereocenters. The van der Waals surface area contributed by atoms with Crippen LogP contribution in [0.1, 0.15) is 33.3 Å². The van der Waals surface area contributed by atoms with E-state index in [1.165, 1.54) is 0 Å². The smallest absolute Gasteiger partial charge is 0.373 e. The largest absolute Gasteiger partial charge is 0.460 e. The maximum Gasteiger partial charge on any atom is 0.373 e. The average molecular weight is 369 g/mol. The second-order valence-electron chi connectivity index (χ2n) is 7.01. The van der Waals surface area contributed by atoms with Gasteiger partial charge in [0, 0.05) is 5.54 Å². The van der Waals surface area contributed by atoms with E-state index in [0.717, 1.165) is 17.7 Å². The Kier molecular flexibility index (Phi) is 8.20. The molecule has 1 heterocycles. The first-order valence-corrected chi connectivity index (χ1v) is 8.35. The third kappa shape index (κ3) is 6.40. The summed E-state index contributed by atoms with van der Waals surface area (Å²) >= 11 is 0. The van der Waals surface area contributed by atoms with Crippen molar-refractivity contribution >= 4 is 11.8 Å². The predicted molar refractivity (Wildman–Crippen MR) is 92.6 cm³/mol. The van der Waals surface area contributed by atoms with Crippen LogP contribution in [0.3, 0.4) is 0 Å². The van der Waals surface area contributed by atoms with Gasteiger partial charge in [-0.05, 0) is 44.9 Å². The SMILES string of the molecule is CCc1ccc(O[C@@H]2OC[C@@H](O)[C@H](O)C2O)c(NC(C)(C)C)c1.O=C=O. The summed E-state index contributed by atoms with van der Waals surface area (Å²) in [5, 5.41) is 32.6. The minimum absolute atomic E-state index is 0.0853. The molecule has 1 fully saturated rings. The van der Waals surface area contributed by atoms with Gasteiger partial charge >= 0.3 is 6.15 Å². The molecule has 1 aromatic carbocycles. The van der Waals surface area contributed by atoms with Gasteiger partial charge in [0.2, 0.25) is 6.29 Å². The number of carbonyl (C=O) groups excluding carboxylic acids is 2. The summed E-state index contributed by atoms with van der Waals surface area (Å²) in [6.07, 6.45) is -3.59.